The summed E-state index contributed by atoms with van der Waals surface area (Å²) < 4.78 is 3.94. The molecular weight excluding hydrogens is 496 g/mol. The zero-order chi connectivity index (χ0) is 27.1. The zero-order valence-corrected chi connectivity index (χ0v) is 22.5. The Morgan fingerprint density at radius 3 is 1.38 bits per heavy atom. The maximum Gasteiger partial charge on any atom is 0.0745 e. The van der Waals surface area contributed by atoms with Crippen molar-refractivity contribution in [2.24, 2.45) is 10.2 Å². The molecule has 0 saturated carbocycles. The highest BCUT2D eigenvalue weighted by Gasteiger charge is 2.26. The highest BCUT2D eigenvalue weighted by molar-refractivity contribution is 6.03. The molecule has 2 N–H and O–H groups in total. The number of aromatic nitrogens is 4. The van der Waals surface area contributed by atoms with Gasteiger partial charge >= 0.3 is 0 Å². The number of nitrogens with zero attached hydrogens (tertiary/aromatic N) is 6. The van der Waals surface area contributed by atoms with Crippen molar-refractivity contribution in [1.82, 2.24) is 30.4 Å². The van der Waals surface area contributed by atoms with Crippen molar-refractivity contribution in [3.63, 3.8) is 0 Å². The quantitative estimate of drug-likeness (QED) is 0.304. The molecule has 3 aromatic carbocycles. The van der Waals surface area contributed by atoms with Gasteiger partial charge in [0, 0.05) is 24.0 Å². The number of hydrogen-bond acceptors (Lipinski definition) is 6. The van der Waals surface area contributed by atoms with Crippen LogP contribution in [0.5, 0.6) is 0 Å². The Bertz CT molecular complexity index is 1580. The third-order valence-corrected chi connectivity index (χ3v) is 7.89. The van der Waals surface area contributed by atoms with Gasteiger partial charge < -0.3 is 10.9 Å². The Balaban J connectivity index is 1.01. The van der Waals surface area contributed by atoms with Crippen molar-refractivity contribution in [3.8, 4) is 11.4 Å². The van der Waals surface area contributed by atoms with Crippen LogP contribution in [0.3, 0.4) is 0 Å². The van der Waals surface area contributed by atoms with Gasteiger partial charge in [0.1, 0.15) is 0 Å². The minimum Gasteiger partial charge on any atom is -0.302 e. The number of benzene rings is 3. The van der Waals surface area contributed by atoms with Crippen LogP contribution >= 0.6 is 0 Å². The molecule has 8 nitrogen and oxygen atoms in total. The largest absolute Gasteiger partial charge is 0.302 e. The first-order valence-electron chi connectivity index (χ1n) is 13.6. The van der Waals surface area contributed by atoms with Crippen LogP contribution in [0.25, 0.3) is 11.4 Å². The van der Waals surface area contributed by atoms with Gasteiger partial charge in [0.15, 0.2) is 0 Å². The van der Waals surface area contributed by atoms with Gasteiger partial charge in [0.25, 0.3) is 0 Å². The lowest BCUT2D eigenvalue weighted by atomic mass is 9.95. The Morgan fingerprint density at radius 2 is 0.975 bits per heavy atom. The second kappa shape index (κ2) is 9.96. The summed E-state index contributed by atoms with van der Waals surface area (Å²) in [5, 5.41) is 18.6. The van der Waals surface area contributed by atoms with E-state index in [4.69, 9.17) is 0 Å². The van der Waals surface area contributed by atoms with Crippen LogP contribution in [-0.2, 0) is 0 Å². The van der Waals surface area contributed by atoms with Crippen LogP contribution in [0.15, 0.2) is 108 Å². The van der Waals surface area contributed by atoms with Crippen LogP contribution in [0.4, 0.5) is 0 Å². The minimum absolute atomic E-state index is 0.137. The number of hydrogen-bond donors (Lipinski definition) is 2. The molecule has 2 aliphatic rings. The summed E-state index contributed by atoms with van der Waals surface area (Å²) in [6, 6.07) is 29.5. The average Bonchev–Trinajstić information content (AvgIpc) is 3.81. The highest BCUT2D eigenvalue weighted by atomic mass is 15.3. The molecule has 0 saturated heterocycles. The maximum atomic E-state index is 4.68. The average molecular weight is 527 g/mol. The molecule has 4 heterocycles. The van der Waals surface area contributed by atoms with Crippen molar-refractivity contribution in [1.29, 1.82) is 0 Å². The van der Waals surface area contributed by atoms with Crippen LogP contribution < -0.4 is 10.9 Å². The van der Waals surface area contributed by atoms with E-state index < -0.39 is 0 Å². The molecule has 0 radical (unpaired) electrons. The van der Waals surface area contributed by atoms with Crippen LogP contribution in [-0.4, -0.2) is 31.0 Å². The van der Waals surface area contributed by atoms with Crippen LogP contribution in [0.2, 0.25) is 0 Å². The number of hydrazone groups is 2. The Morgan fingerprint density at radius 1 is 0.575 bits per heavy atom. The topological polar surface area (TPSA) is 84.4 Å². The van der Waals surface area contributed by atoms with Gasteiger partial charge in [-0.3, -0.25) is 0 Å². The lowest BCUT2D eigenvalue weighted by molar-refractivity contribution is 0.610. The summed E-state index contributed by atoms with van der Waals surface area (Å²) >= 11 is 0. The maximum absolute atomic E-state index is 4.68. The predicted octanol–water partition coefficient (Wildman–Crippen LogP) is 5.55. The molecule has 8 heteroatoms. The van der Waals surface area contributed by atoms with E-state index in [-0.39, 0.29) is 12.1 Å². The van der Waals surface area contributed by atoms with E-state index in [0.29, 0.717) is 0 Å². The predicted molar refractivity (Wildman–Crippen MR) is 157 cm³/mol. The molecular formula is C32H30N8. The van der Waals surface area contributed by atoms with E-state index in [9.17, 15) is 0 Å². The molecule has 2 atom stereocenters. The first-order valence-corrected chi connectivity index (χ1v) is 13.6. The van der Waals surface area contributed by atoms with E-state index in [1.54, 1.807) is 0 Å². The standard InChI is InChI=1S/C32H30N8/c1-21-27(19-33-39(21)25-9-5-3-6-10-25)31-17-29(35-37-31)23-13-15-24(16-14-23)30-18-32(38-36-30)28-20-34-40(22(28)2)26-11-7-4-8-12-26/h3-16,19-20,29-30,35-36H,17-18H2,1-2H3. The summed E-state index contributed by atoms with van der Waals surface area (Å²) in [6.07, 6.45) is 5.48. The fraction of sp³-hybridized carbons (Fsp3) is 0.188. The number of para-hydroxylation sites is 2. The molecule has 2 aliphatic heterocycles. The van der Waals surface area contributed by atoms with Gasteiger partial charge in [-0.25, -0.2) is 9.36 Å². The molecule has 0 bridgehead atoms. The Labute approximate surface area is 233 Å². The van der Waals surface area contributed by atoms with Crippen LogP contribution in [0.1, 0.15) is 58.6 Å². The summed E-state index contributed by atoms with van der Waals surface area (Å²) in [7, 11) is 0. The number of rotatable bonds is 6. The number of nitrogens with one attached hydrogen (secondary N) is 2. The SMILES string of the molecule is Cc1c(C2=NNC(c3ccc(C4CC(c5cnn(-c6ccccc6)c5C)=NN4)cc3)C2)cnn1-c1ccccc1. The summed E-state index contributed by atoms with van der Waals surface area (Å²) in [6.45, 7) is 4.19. The molecule has 2 unspecified atom stereocenters. The van der Waals surface area contributed by atoms with E-state index in [1.807, 2.05) is 58.2 Å². The van der Waals surface area contributed by atoms with Gasteiger partial charge in [0.05, 0.1) is 58.7 Å². The van der Waals surface area contributed by atoms with Gasteiger partial charge in [-0.2, -0.15) is 20.4 Å². The molecule has 5 aromatic rings. The second-order valence-corrected chi connectivity index (χ2v) is 10.3. The summed E-state index contributed by atoms with van der Waals surface area (Å²) in [4.78, 5) is 0. The Hall–Kier alpha value is -4.98. The Kier molecular flexibility index (Phi) is 6.00. The van der Waals surface area contributed by atoms with Gasteiger partial charge in [-0.05, 0) is 49.2 Å². The van der Waals surface area contributed by atoms with Gasteiger partial charge in [-0.1, -0.05) is 60.7 Å². The van der Waals surface area contributed by atoms with Crippen molar-refractivity contribution in [2.75, 3.05) is 0 Å². The summed E-state index contributed by atoms with van der Waals surface area (Å²) in [5.74, 6) is 0. The fourth-order valence-electron chi connectivity index (χ4n) is 5.61. The van der Waals surface area contributed by atoms with E-state index in [1.165, 1.54) is 11.1 Å². The van der Waals surface area contributed by atoms with Crippen LogP contribution in [0, 0.1) is 13.8 Å². The molecule has 7 rings (SSSR count). The molecule has 2 aromatic heterocycles. The van der Waals surface area contributed by atoms with E-state index >= 15 is 0 Å². The van der Waals surface area contributed by atoms with Crippen molar-refractivity contribution in [3.05, 3.63) is 131 Å². The monoisotopic (exact) mass is 526 g/mol. The molecule has 198 valence electrons. The smallest absolute Gasteiger partial charge is 0.0745 e. The molecule has 40 heavy (non-hydrogen) atoms. The highest BCUT2D eigenvalue weighted by Crippen LogP contribution is 2.30. The van der Waals surface area contributed by atoms with Gasteiger partial charge in [0.2, 0.25) is 0 Å². The van der Waals surface area contributed by atoms with E-state index in [0.717, 1.165) is 58.2 Å². The van der Waals surface area contributed by atoms with Crippen molar-refractivity contribution >= 4 is 11.4 Å². The van der Waals surface area contributed by atoms with Crippen molar-refractivity contribution in [2.45, 2.75) is 38.8 Å². The fourth-order valence-corrected chi connectivity index (χ4v) is 5.61. The molecule has 0 aliphatic carbocycles. The minimum atomic E-state index is 0.137. The first kappa shape index (κ1) is 24.1. The second-order valence-electron chi connectivity index (χ2n) is 10.3. The van der Waals surface area contributed by atoms with Gasteiger partial charge in [-0.15, -0.1) is 0 Å². The zero-order valence-electron chi connectivity index (χ0n) is 22.5. The lowest BCUT2D eigenvalue weighted by Crippen LogP contribution is -2.12. The molecule has 0 amide bonds. The van der Waals surface area contributed by atoms with E-state index in [2.05, 4.69) is 93.6 Å². The lowest BCUT2D eigenvalue weighted by Gasteiger charge is -2.14. The normalized spacial score (nSPS) is 18.2. The third kappa shape index (κ3) is 4.27. The first-order chi connectivity index (χ1) is 19.7. The summed E-state index contributed by atoms with van der Waals surface area (Å²) in [5.41, 5.74) is 17.7. The molecule has 0 fully saturated rings. The van der Waals surface area contributed by atoms with Crippen molar-refractivity contribution < 1.29 is 0 Å². The molecule has 0 spiro atoms. The third-order valence-electron chi connectivity index (χ3n) is 7.89.